The zero-order valence-corrected chi connectivity index (χ0v) is 14.7. The summed E-state index contributed by atoms with van der Waals surface area (Å²) in [6.45, 7) is 5.13. The lowest BCUT2D eigenvalue weighted by molar-refractivity contribution is 0.300. The fourth-order valence-corrected chi connectivity index (χ4v) is 2.60. The van der Waals surface area contributed by atoms with Gasteiger partial charge in [0.15, 0.2) is 0 Å². The molecule has 0 saturated carbocycles. The van der Waals surface area contributed by atoms with Crippen LogP contribution in [0.1, 0.15) is 26.0 Å². The van der Waals surface area contributed by atoms with Crippen molar-refractivity contribution in [1.29, 1.82) is 0 Å². The number of furan rings is 2. The van der Waals surface area contributed by atoms with Crippen molar-refractivity contribution in [2.75, 3.05) is 11.9 Å². The van der Waals surface area contributed by atoms with Crippen LogP contribution < -0.4 is 10.8 Å². The molecule has 0 saturated heterocycles. The van der Waals surface area contributed by atoms with Gasteiger partial charge in [-0.1, -0.05) is 13.8 Å². The molecule has 21 heavy (non-hydrogen) atoms. The standard InChI is InChI=1S/C14H18BNO2S3/c1-14(2,6-8-5-9(15)13(21)18-8)3-4-16-12-11(20)10(19)7-17-12/h5,7,16,19-21H,3-4,6H2,1-2H3. The van der Waals surface area contributed by atoms with Gasteiger partial charge in [-0.2, -0.15) is 0 Å². The van der Waals surface area contributed by atoms with Crippen molar-refractivity contribution in [3.8, 4) is 0 Å². The van der Waals surface area contributed by atoms with Gasteiger partial charge in [0.2, 0.25) is 5.88 Å². The predicted molar refractivity (Wildman–Crippen MR) is 95.2 cm³/mol. The van der Waals surface area contributed by atoms with Crippen LogP contribution in [0.3, 0.4) is 0 Å². The van der Waals surface area contributed by atoms with Gasteiger partial charge in [-0.3, -0.25) is 0 Å². The Balaban J connectivity index is 1.87. The van der Waals surface area contributed by atoms with E-state index in [9.17, 15) is 0 Å². The number of hydrogen-bond acceptors (Lipinski definition) is 6. The average Bonchev–Trinajstić information content (AvgIpc) is 2.85. The minimum Gasteiger partial charge on any atom is -0.456 e. The van der Waals surface area contributed by atoms with Crippen LogP contribution >= 0.6 is 37.9 Å². The molecular weight excluding hydrogens is 321 g/mol. The summed E-state index contributed by atoms with van der Waals surface area (Å²) in [5, 5.41) is 3.71. The summed E-state index contributed by atoms with van der Waals surface area (Å²) in [4.78, 5) is 1.46. The van der Waals surface area contributed by atoms with Crippen LogP contribution in [0.25, 0.3) is 0 Å². The Labute approximate surface area is 142 Å². The molecule has 3 nitrogen and oxygen atoms in total. The highest BCUT2D eigenvalue weighted by atomic mass is 32.1. The van der Waals surface area contributed by atoms with Crippen LogP contribution in [-0.4, -0.2) is 14.4 Å². The van der Waals surface area contributed by atoms with Gasteiger partial charge >= 0.3 is 0 Å². The molecule has 1 N–H and O–H groups in total. The van der Waals surface area contributed by atoms with E-state index >= 15 is 0 Å². The van der Waals surface area contributed by atoms with Crippen molar-refractivity contribution in [2.45, 2.75) is 41.6 Å². The number of rotatable bonds is 6. The second-order valence-electron chi connectivity index (χ2n) is 5.79. The van der Waals surface area contributed by atoms with Gasteiger partial charge in [0.05, 0.1) is 9.79 Å². The molecule has 0 aliphatic rings. The van der Waals surface area contributed by atoms with Crippen molar-refractivity contribution in [2.24, 2.45) is 5.41 Å². The Morgan fingerprint density at radius 3 is 2.52 bits per heavy atom. The summed E-state index contributed by atoms with van der Waals surface area (Å²) >= 11 is 12.7. The van der Waals surface area contributed by atoms with E-state index in [1.807, 2.05) is 6.07 Å². The van der Waals surface area contributed by atoms with E-state index < -0.39 is 0 Å². The lowest BCUT2D eigenvalue weighted by Crippen LogP contribution is -2.19. The molecule has 112 valence electrons. The van der Waals surface area contributed by atoms with E-state index in [0.717, 1.165) is 34.9 Å². The van der Waals surface area contributed by atoms with Gasteiger partial charge < -0.3 is 14.2 Å². The van der Waals surface area contributed by atoms with Gasteiger partial charge in [0, 0.05) is 13.0 Å². The third-order valence-corrected chi connectivity index (χ3v) is 4.58. The fraction of sp³-hybridized carbons (Fsp3) is 0.429. The Bertz CT molecular complexity index is 602. The van der Waals surface area contributed by atoms with Crippen molar-refractivity contribution >= 4 is 57.1 Å². The molecule has 0 fully saturated rings. The molecule has 2 rings (SSSR count). The first-order valence-corrected chi connectivity index (χ1v) is 7.93. The van der Waals surface area contributed by atoms with E-state index in [1.54, 1.807) is 6.26 Å². The quantitative estimate of drug-likeness (QED) is 0.480. The number of thiol groups is 3. The minimum absolute atomic E-state index is 0.0602. The van der Waals surface area contributed by atoms with Crippen LogP contribution in [0.15, 0.2) is 36.0 Å². The van der Waals surface area contributed by atoms with Crippen LogP contribution in [-0.2, 0) is 6.42 Å². The fourth-order valence-electron chi connectivity index (χ4n) is 2.08. The molecule has 7 heteroatoms. The zero-order chi connectivity index (χ0) is 15.6. The number of hydrogen-bond donors (Lipinski definition) is 4. The van der Waals surface area contributed by atoms with Crippen molar-refractivity contribution in [3.05, 3.63) is 18.1 Å². The molecule has 0 aromatic carbocycles. The van der Waals surface area contributed by atoms with Crippen LogP contribution in [0.5, 0.6) is 0 Å². The van der Waals surface area contributed by atoms with Crippen molar-refractivity contribution in [1.82, 2.24) is 0 Å². The molecule has 2 aromatic heterocycles. The molecule has 2 aromatic rings. The molecule has 0 bridgehead atoms. The summed E-state index contributed by atoms with van der Waals surface area (Å²) in [6.07, 6.45) is 3.30. The summed E-state index contributed by atoms with van der Waals surface area (Å²) in [5.74, 6) is 1.51. The second kappa shape index (κ2) is 6.71. The average molecular weight is 339 g/mol. The Hall–Kier alpha value is -0.525. The minimum atomic E-state index is 0.0602. The summed E-state index contributed by atoms with van der Waals surface area (Å²) in [6, 6.07) is 1.84. The molecule has 0 amide bonds. The highest BCUT2D eigenvalue weighted by Crippen LogP contribution is 2.30. The largest absolute Gasteiger partial charge is 0.456 e. The molecule has 0 unspecified atom stereocenters. The third kappa shape index (κ3) is 4.47. The summed E-state index contributed by atoms with van der Waals surface area (Å²) in [5.41, 5.74) is 0.642. The van der Waals surface area contributed by atoms with E-state index in [4.69, 9.17) is 16.7 Å². The molecule has 0 aliphatic heterocycles. The maximum atomic E-state index is 5.74. The molecular formula is C14H18BNO2S3. The first-order valence-electron chi connectivity index (χ1n) is 6.59. The Morgan fingerprint density at radius 2 is 2.00 bits per heavy atom. The summed E-state index contributed by atoms with van der Waals surface area (Å²) in [7, 11) is 5.74. The number of anilines is 1. The van der Waals surface area contributed by atoms with E-state index in [2.05, 4.69) is 57.1 Å². The highest BCUT2D eigenvalue weighted by molar-refractivity contribution is 7.83. The maximum Gasteiger partial charge on any atom is 0.207 e. The van der Waals surface area contributed by atoms with E-state index in [-0.39, 0.29) is 5.41 Å². The van der Waals surface area contributed by atoms with Crippen molar-refractivity contribution in [3.63, 3.8) is 0 Å². The predicted octanol–water partition coefficient (Wildman–Crippen LogP) is 3.60. The third-order valence-electron chi connectivity index (χ3n) is 3.28. The highest BCUT2D eigenvalue weighted by Gasteiger charge is 2.21. The SMILES string of the molecule is [B]c1cc(CC(C)(C)CCNc2occ(S)c2S)oc1S. The topological polar surface area (TPSA) is 38.3 Å². The molecule has 2 heterocycles. The normalized spacial score (nSPS) is 11.9. The number of nitrogens with one attached hydrogen (secondary N) is 1. The van der Waals surface area contributed by atoms with Crippen molar-refractivity contribution < 1.29 is 8.83 Å². The zero-order valence-electron chi connectivity index (χ0n) is 12.0. The smallest absolute Gasteiger partial charge is 0.207 e. The van der Waals surface area contributed by atoms with Crippen LogP contribution in [0.2, 0.25) is 0 Å². The molecule has 0 aliphatic carbocycles. The van der Waals surface area contributed by atoms with E-state index in [1.165, 1.54) is 0 Å². The van der Waals surface area contributed by atoms with Gasteiger partial charge in [-0.25, -0.2) is 0 Å². The van der Waals surface area contributed by atoms with Gasteiger partial charge in [0.1, 0.15) is 25.0 Å². The first kappa shape index (κ1) is 16.8. The van der Waals surface area contributed by atoms with Crippen LogP contribution in [0.4, 0.5) is 5.88 Å². The first-order chi connectivity index (χ1) is 9.78. The Kier molecular flexibility index (Phi) is 5.38. The Morgan fingerprint density at radius 1 is 1.29 bits per heavy atom. The van der Waals surface area contributed by atoms with Gasteiger partial charge in [0.25, 0.3) is 0 Å². The second-order valence-corrected chi connectivity index (χ2v) is 7.12. The summed E-state index contributed by atoms with van der Waals surface area (Å²) < 4.78 is 10.9. The molecule has 0 spiro atoms. The van der Waals surface area contributed by atoms with Gasteiger partial charge in [-0.05, 0) is 23.4 Å². The monoisotopic (exact) mass is 339 g/mol. The van der Waals surface area contributed by atoms with Gasteiger partial charge in [-0.15, -0.1) is 37.9 Å². The van der Waals surface area contributed by atoms with E-state index in [0.29, 0.717) is 16.4 Å². The maximum absolute atomic E-state index is 5.74. The molecule has 0 atom stereocenters. The lowest BCUT2D eigenvalue weighted by atomic mass is 9.84. The lowest BCUT2D eigenvalue weighted by Gasteiger charge is -2.23. The van der Waals surface area contributed by atoms with Crippen LogP contribution in [0, 0.1) is 5.41 Å². The molecule has 2 radical (unpaired) electrons.